The Hall–Kier alpha value is -3.15. The predicted molar refractivity (Wildman–Crippen MR) is 131 cm³/mol. The lowest BCUT2D eigenvalue weighted by molar-refractivity contribution is -0.114. The average molecular weight is 526 g/mol. The molecule has 12 heteroatoms. The van der Waals surface area contributed by atoms with E-state index in [1.165, 1.54) is 30.3 Å². The normalized spacial score (nSPS) is 11.6. The van der Waals surface area contributed by atoms with Crippen LogP contribution < -0.4 is 14.3 Å². The Morgan fingerprint density at radius 2 is 1.53 bits per heavy atom. The summed E-state index contributed by atoms with van der Waals surface area (Å²) in [6.45, 7) is 1.28. The molecule has 0 aliphatic rings. The molecule has 34 heavy (non-hydrogen) atoms. The van der Waals surface area contributed by atoms with Gasteiger partial charge in [-0.25, -0.2) is 21.2 Å². The van der Waals surface area contributed by atoms with Gasteiger partial charge in [-0.05, 0) is 61.5 Å². The molecule has 2 N–H and O–H groups in total. The largest absolute Gasteiger partial charge is 0.325 e. The third kappa shape index (κ3) is 6.46. The molecule has 8 nitrogen and oxygen atoms in total. The molecule has 0 unspecified atom stereocenters. The van der Waals surface area contributed by atoms with E-state index in [1.807, 2.05) is 6.92 Å². The summed E-state index contributed by atoms with van der Waals surface area (Å²) in [7, 11) is -7.74. The third-order valence-electron chi connectivity index (χ3n) is 4.63. The fourth-order valence-electron chi connectivity index (χ4n) is 2.92. The lowest BCUT2D eigenvalue weighted by Gasteiger charge is -2.22. The van der Waals surface area contributed by atoms with Gasteiger partial charge in [-0.2, -0.15) is 0 Å². The number of sulfonamides is 2. The number of hydrogen-bond acceptors (Lipinski definition) is 5. The zero-order chi connectivity index (χ0) is 25.1. The monoisotopic (exact) mass is 525 g/mol. The number of nitrogens with zero attached hydrogens (tertiary/aromatic N) is 1. The van der Waals surface area contributed by atoms with Crippen molar-refractivity contribution in [2.45, 2.75) is 11.8 Å². The molecule has 180 valence electrons. The summed E-state index contributed by atoms with van der Waals surface area (Å²) < 4.78 is 66.2. The van der Waals surface area contributed by atoms with Gasteiger partial charge in [0.2, 0.25) is 15.9 Å². The minimum atomic E-state index is -3.89. The van der Waals surface area contributed by atoms with E-state index in [0.29, 0.717) is 5.69 Å². The smallest absolute Gasteiger partial charge is 0.261 e. The molecule has 0 saturated heterocycles. The van der Waals surface area contributed by atoms with E-state index < -0.39 is 38.3 Å². The molecule has 3 aromatic rings. The van der Waals surface area contributed by atoms with E-state index in [0.717, 1.165) is 28.3 Å². The highest BCUT2D eigenvalue weighted by molar-refractivity contribution is 7.92. The Bertz CT molecular complexity index is 1410. The van der Waals surface area contributed by atoms with E-state index >= 15 is 0 Å². The molecule has 0 aromatic heterocycles. The molecule has 0 aliphatic heterocycles. The molecule has 0 saturated carbocycles. The number of halogens is 2. The minimum Gasteiger partial charge on any atom is -0.325 e. The summed E-state index contributed by atoms with van der Waals surface area (Å²) in [6, 6.07) is 15.5. The summed E-state index contributed by atoms with van der Waals surface area (Å²) in [5.41, 5.74) is 1.67. The number of carbonyl (C=O) groups is 1. The Labute approximate surface area is 202 Å². The van der Waals surface area contributed by atoms with Gasteiger partial charge >= 0.3 is 0 Å². The zero-order valence-electron chi connectivity index (χ0n) is 18.1. The van der Waals surface area contributed by atoms with Gasteiger partial charge in [-0.15, -0.1) is 0 Å². The van der Waals surface area contributed by atoms with Crippen molar-refractivity contribution in [3.8, 4) is 0 Å². The summed E-state index contributed by atoms with van der Waals surface area (Å²) in [6.07, 6.45) is 0.901. The van der Waals surface area contributed by atoms with Crippen molar-refractivity contribution in [3.63, 3.8) is 0 Å². The van der Waals surface area contributed by atoms with Gasteiger partial charge in [-0.3, -0.25) is 13.8 Å². The number of hydrogen-bond donors (Lipinski definition) is 2. The average Bonchev–Trinajstić information content (AvgIpc) is 2.75. The molecule has 0 aliphatic carbocycles. The maximum Gasteiger partial charge on any atom is 0.261 e. The van der Waals surface area contributed by atoms with Crippen molar-refractivity contribution in [2.75, 3.05) is 27.1 Å². The van der Waals surface area contributed by atoms with Gasteiger partial charge in [-0.1, -0.05) is 29.3 Å². The van der Waals surface area contributed by atoms with Crippen molar-refractivity contribution in [1.29, 1.82) is 0 Å². The number of amides is 1. The fraction of sp³-hybridized carbons (Fsp3) is 0.136. The van der Waals surface area contributed by atoms with Gasteiger partial charge in [0.15, 0.2) is 0 Å². The van der Waals surface area contributed by atoms with Gasteiger partial charge < -0.3 is 5.32 Å². The first-order valence-corrected chi connectivity index (χ1v) is 13.5. The van der Waals surface area contributed by atoms with E-state index in [1.54, 1.807) is 24.3 Å². The van der Waals surface area contributed by atoms with Crippen LogP contribution in [0.2, 0.25) is 5.02 Å². The van der Waals surface area contributed by atoms with Gasteiger partial charge in [0.1, 0.15) is 12.4 Å². The molecule has 0 radical (unpaired) electrons. The van der Waals surface area contributed by atoms with Crippen LogP contribution in [0.4, 0.5) is 21.5 Å². The van der Waals surface area contributed by atoms with E-state index in [9.17, 15) is 26.0 Å². The van der Waals surface area contributed by atoms with Crippen LogP contribution in [0.3, 0.4) is 0 Å². The van der Waals surface area contributed by atoms with Crippen LogP contribution in [0, 0.1) is 12.7 Å². The SMILES string of the molecule is Cc1ccc(NS(=O)(=O)c2ccc(NC(=O)CN(c3ccc(F)c(Cl)c3)S(C)(=O)=O)cc2)cc1. The second-order valence-electron chi connectivity index (χ2n) is 7.41. The Morgan fingerprint density at radius 1 is 0.941 bits per heavy atom. The summed E-state index contributed by atoms with van der Waals surface area (Å²) >= 11 is 5.73. The van der Waals surface area contributed by atoms with Crippen LogP contribution in [0.25, 0.3) is 0 Å². The van der Waals surface area contributed by atoms with Crippen molar-refractivity contribution in [2.24, 2.45) is 0 Å². The molecule has 0 heterocycles. The first-order valence-electron chi connectivity index (χ1n) is 9.77. The number of rotatable bonds is 8. The quantitative estimate of drug-likeness (QED) is 0.461. The van der Waals surface area contributed by atoms with Crippen LogP contribution in [0.1, 0.15) is 5.56 Å². The standard InChI is InChI=1S/C22H21ClFN3O5S2/c1-15-3-5-17(6-4-15)26-34(31,32)19-10-7-16(8-11-19)25-22(28)14-27(33(2,29)30)18-9-12-21(24)20(23)13-18/h3-13,26H,14H2,1-2H3,(H,25,28). The Balaban J connectivity index is 1.71. The fourth-order valence-corrected chi connectivity index (χ4v) is 5.01. The lowest BCUT2D eigenvalue weighted by atomic mass is 10.2. The van der Waals surface area contributed by atoms with Crippen molar-refractivity contribution in [3.05, 3.63) is 83.1 Å². The molecule has 1 amide bonds. The molecule has 0 fully saturated rings. The van der Waals surface area contributed by atoms with E-state index in [2.05, 4.69) is 10.0 Å². The van der Waals surface area contributed by atoms with Crippen molar-refractivity contribution in [1.82, 2.24) is 0 Å². The topological polar surface area (TPSA) is 113 Å². The van der Waals surface area contributed by atoms with Crippen LogP contribution in [0.5, 0.6) is 0 Å². The first-order chi connectivity index (χ1) is 15.8. The predicted octanol–water partition coefficient (Wildman–Crippen LogP) is 3.99. The lowest BCUT2D eigenvalue weighted by Crippen LogP contribution is -2.37. The highest BCUT2D eigenvalue weighted by Gasteiger charge is 2.22. The second kappa shape index (κ2) is 10.00. The number of nitrogens with one attached hydrogen (secondary N) is 2. The van der Waals surface area contributed by atoms with Crippen LogP contribution in [-0.4, -0.2) is 35.5 Å². The second-order valence-corrected chi connectivity index (χ2v) is 11.4. The molecular formula is C22H21ClFN3O5S2. The van der Waals surface area contributed by atoms with E-state index in [4.69, 9.17) is 11.6 Å². The highest BCUT2D eigenvalue weighted by atomic mass is 35.5. The molecule has 3 aromatic carbocycles. The molecular weight excluding hydrogens is 505 g/mol. The number of carbonyl (C=O) groups excluding carboxylic acids is 1. The molecule has 0 spiro atoms. The zero-order valence-corrected chi connectivity index (χ0v) is 20.5. The number of benzene rings is 3. The number of anilines is 3. The van der Waals surface area contributed by atoms with Gasteiger partial charge in [0.25, 0.3) is 10.0 Å². The maximum absolute atomic E-state index is 13.4. The van der Waals surface area contributed by atoms with Gasteiger partial charge in [0, 0.05) is 11.4 Å². The molecule has 0 bridgehead atoms. The minimum absolute atomic E-state index is 0.0210. The van der Waals surface area contributed by atoms with Crippen LogP contribution in [-0.2, 0) is 24.8 Å². The number of aryl methyl sites for hydroxylation is 1. The molecule has 0 atom stereocenters. The van der Waals surface area contributed by atoms with Crippen molar-refractivity contribution >= 4 is 54.6 Å². The summed E-state index contributed by atoms with van der Waals surface area (Å²) in [5.74, 6) is -1.42. The Morgan fingerprint density at radius 3 is 2.09 bits per heavy atom. The van der Waals surface area contributed by atoms with Crippen LogP contribution >= 0.6 is 11.6 Å². The molecule has 3 rings (SSSR count). The summed E-state index contributed by atoms with van der Waals surface area (Å²) in [5, 5.41) is 2.22. The Kier molecular flexibility index (Phi) is 7.49. The maximum atomic E-state index is 13.4. The van der Waals surface area contributed by atoms with Crippen LogP contribution in [0.15, 0.2) is 71.6 Å². The first kappa shape index (κ1) is 25.5. The third-order valence-corrected chi connectivity index (χ3v) is 7.46. The summed E-state index contributed by atoms with van der Waals surface area (Å²) in [4.78, 5) is 12.5. The van der Waals surface area contributed by atoms with Crippen molar-refractivity contribution < 1.29 is 26.0 Å². The van der Waals surface area contributed by atoms with E-state index in [-0.39, 0.29) is 21.3 Å². The van der Waals surface area contributed by atoms with Gasteiger partial charge in [0.05, 0.1) is 21.9 Å². The highest BCUT2D eigenvalue weighted by Crippen LogP contribution is 2.25.